The molecule has 0 heterocycles. The van der Waals surface area contributed by atoms with E-state index in [0.717, 1.165) is 12.8 Å². The first-order chi connectivity index (χ1) is 7.85. The van der Waals surface area contributed by atoms with Crippen LogP contribution in [0.15, 0.2) is 0 Å². The number of rotatable bonds is 8. The highest BCUT2D eigenvalue weighted by Crippen LogP contribution is 2.20. The summed E-state index contributed by atoms with van der Waals surface area (Å²) in [5, 5.41) is 12.6. The van der Waals surface area contributed by atoms with E-state index >= 15 is 0 Å². The molecule has 0 aromatic heterocycles. The number of aliphatic hydroxyl groups excluding tert-OH is 1. The van der Waals surface area contributed by atoms with Crippen LogP contribution in [0.1, 0.15) is 47.0 Å². The normalized spacial score (nSPS) is 13.5. The maximum atomic E-state index is 11.2. The second-order valence-corrected chi connectivity index (χ2v) is 5.62. The Bertz CT molecular complexity index is 211. The smallest absolute Gasteiger partial charge is 0.319 e. The standard InChI is InChI=1S/C13H27NO3/c1-5-6-7-17-12(16)10-14-9-11(15)8-13(2,3)4/h11,14-15H,5-10H2,1-4H3. The minimum absolute atomic E-state index is 0.0999. The summed E-state index contributed by atoms with van der Waals surface area (Å²) in [6, 6.07) is 0. The van der Waals surface area contributed by atoms with Crippen molar-refractivity contribution in [3.05, 3.63) is 0 Å². The molecular weight excluding hydrogens is 218 g/mol. The third-order valence-electron chi connectivity index (χ3n) is 2.26. The van der Waals surface area contributed by atoms with Crippen LogP contribution in [0.3, 0.4) is 0 Å². The molecule has 17 heavy (non-hydrogen) atoms. The molecular formula is C13H27NO3. The van der Waals surface area contributed by atoms with Crippen molar-refractivity contribution in [3.63, 3.8) is 0 Å². The monoisotopic (exact) mass is 245 g/mol. The number of esters is 1. The third kappa shape index (κ3) is 11.6. The molecule has 102 valence electrons. The van der Waals surface area contributed by atoms with Crippen molar-refractivity contribution in [2.45, 2.75) is 53.1 Å². The number of hydrogen-bond donors (Lipinski definition) is 2. The fourth-order valence-corrected chi connectivity index (χ4v) is 1.50. The van der Waals surface area contributed by atoms with Gasteiger partial charge in [0.05, 0.1) is 19.3 Å². The van der Waals surface area contributed by atoms with Gasteiger partial charge in [-0.2, -0.15) is 0 Å². The minimum Gasteiger partial charge on any atom is -0.465 e. The van der Waals surface area contributed by atoms with Crippen LogP contribution in [0.25, 0.3) is 0 Å². The van der Waals surface area contributed by atoms with E-state index in [0.29, 0.717) is 19.6 Å². The Hall–Kier alpha value is -0.610. The lowest BCUT2D eigenvalue weighted by Crippen LogP contribution is -2.34. The van der Waals surface area contributed by atoms with E-state index in [1.807, 2.05) is 0 Å². The van der Waals surface area contributed by atoms with E-state index in [-0.39, 0.29) is 17.9 Å². The number of aliphatic hydroxyl groups is 1. The van der Waals surface area contributed by atoms with E-state index in [1.54, 1.807) is 0 Å². The molecule has 0 radical (unpaired) electrons. The second-order valence-electron chi connectivity index (χ2n) is 5.62. The molecule has 4 heteroatoms. The zero-order chi connectivity index (χ0) is 13.3. The third-order valence-corrected chi connectivity index (χ3v) is 2.26. The molecule has 0 aliphatic rings. The molecule has 0 saturated carbocycles. The lowest BCUT2D eigenvalue weighted by atomic mass is 9.89. The van der Waals surface area contributed by atoms with Gasteiger partial charge in [-0.3, -0.25) is 4.79 Å². The minimum atomic E-state index is -0.418. The Morgan fingerprint density at radius 2 is 2.06 bits per heavy atom. The Labute approximate surface area is 105 Å². The summed E-state index contributed by atoms with van der Waals surface area (Å²) in [6.45, 7) is 9.38. The lowest BCUT2D eigenvalue weighted by molar-refractivity contribution is -0.142. The Morgan fingerprint density at radius 1 is 1.41 bits per heavy atom. The zero-order valence-electron chi connectivity index (χ0n) is 11.6. The van der Waals surface area contributed by atoms with E-state index in [1.165, 1.54) is 0 Å². The first kappa shape index (κ1) is 16.4. The van der Waals surface area contributed by atoms with Gasteiger partial charge in [-0.1, -0.05) is 34.1 Å². The highest BCUT2D eigenvalue weighted by atomic mass is 16.5. The van der Waals surface area contributed by atoms with Crippen LogP contribution in [0.5, 0.6) is 0 Å². The Morgan fingerprint density at radius 3 is 2.59 bits per heavy atom. The molecule has 0 bridgehead atoms. The SMILES string of the molecule is CCCCOC(=O)CNCC(O)CC(C)(C)C. The summed E-state index contributed by atoms with van der Waals surface area (Å²) < 4.78 is 4.98. The van der Waals surface area contributed by atoms with Gasteiger partial charge in [-0.25, -0.2) is 0 Å². The van der Waals surface area contributed by atoms with Crippen LogP contribution in [-0.4, -0.2) is 36.9 Å². The van der Waals surface area contributed by atoms with Crippen LogP contribution < -0.4 is 5.32 Å². The topological polar surface area (TPSA) is 58.6 Å². The Kier molecular flexibility index (Phi) is 8.17. The van der Waals surface area contributed by atoms with Gasteiger partial charge in [0.15, 0.2) is 0 Å². The van der Waals surface area contributed by atoms with E-state index in [9.17, 15) is 9.90 Å². The first-order valence-electron chi connectivity index (χ1n) is 6.39. The molecule has 0 fully saturated rings. The number of carbonyl (C=O) groups is 1. The van der Waals surface area contributed by atoms with Crippen molar-refractivity contribution in [1.29, 1.82) is 0 Å². The van der Waals surface area contributed by atoms with Gasteiger partial charge in [-0.15, -0.1) is 0 Å². The van der Waals surface area contributed by atoms with Gasteiger partial charge in [0.25, 0.3) is 0 Å². The predicted octanol–water partition coefficient (Wildman–Crippen LogP) is 1.72. The molecule has 0 amide bonds. The van der Waals surface area contributed by atoms with Gasteiger partial charge in [0.2, 0.25) is 0 Å². The molecule has 0 aliphatic carbocycles. The van der Waals surface area contributed by atoms with E-state index < -0.39 is 6.10 Å². The van der Waals surface area contributed by atoms with Crippen molar-refractivity contribution in [3.8, 4) is 0 Å². The summed E-state index contributed by atoms with van der Waals surface area (Å²) in [5.41, 5.74) is 0.0999. The predicted molar refractivity (Wildman–Crippen MR) is 68.8 cm³/mol. The van der Waals surface area contributed by atoms with Crippen LogP contribution in [0, 0.1) is 5.41 Å². The molecule has 0 aromatic carbocycles. The van der Waals surface area contributed by atoms with Gasteiger partial charge in [-0.05, 0) is 18.3 Å². The number of carbonyl (C=O) groups excluding carboxylic acids is 1. The average molecular weight is 245 g/mol. The van der Waals surface area contributed by atoms with E-state index in [4.69, 9.17) is 4.74 Å². The second kappa shape index (κ2) is 8.48. The van der Waals surface area contributed by atoms with Gasteiger partial charge in [0.1, 0.15) is 0 Å². The molecule has 1 unspecified atom stereocenters. The van der Waals surface area contributed by atoms with Gasteiger partial charge in [0, 0.05) is 6.54 Å². The lowest BCUT2D eigenvalue weighted by Gasteiger charge is -2.22. The summed E-state index contributed by atoms with van der Waals surface area (Å²) in [7, 11) is 0. The van der Waals surface area contributed by atoms with Crippen LogP contribution in [0.2, 0.25) is 0 Å². The summed E-state index contributed by atoms with van der Waals surface area (Å²) in [4.78, 5) is 11.2. The highest BCUT2D eigenvalue weighted by molar-refractivity contribution is 5.71. The molecule has 1 atom stereocenters. The molecule has 2 N–H and O–H groups in total. The molecule has 0 aliphatic heterocycles. The highest BCUT2D eigenvalue weighted by Gasteiger charge is 2.16. The van der Waals surface area contributed by atoms with Crippen LogP contribution in [-0.2, 0) is 9.53 Å². The quantitative estimate of drug-likeness (QED) is 0.505. The Balaban J connectivity index is 3.52. The van der Waals surface area contributed by atoms with Gasteiger partial charge >= 0.3 is 5.97 Å². The van der Waals surface area contributed by atoms with E-state index in [2.05, 4.69) is 33.0 Å². The van der Waals surface area contributed by atoms with Crippen molar-refractivity contribution in [1.82, 2.24) is 5.32 Å². The summed E-state index contributed by atoms with van der Waals surface area (Å²) >= 11 is 0. The van der Waals surface area contributed by atoms with Crippen LogP contribution in [0.4, 0.5) is 0 Å². The van der Waals surface area contributed by atoms with Crippen molar-refractivity contribution in [2.75, 3.05) is 19.7 Å². The maximum absolute atomic E-state index is 11.2. The number of hydrogen-bond acceptors (Lipinski definition) is 4. The summed E-state index contributed by atoms with van der Waals surface area (Å²) in [5.74, 6) is -0.249. The van der Waals surface area contributed by atoms with Gasteiger partial charge < -0.3 is 15.2 Å². The molecule has 0 aromatic rings. The largest absolute Gasteiger partial charge is 0.465 e. The number of unbranched alkanes of at least 4 members (excludes halogenated alkanes) is 1. The first-order valence-corrected chi connectivity index (χ1v) is 6.39. The molecule has 0 saturated heterocycles. The zero-order valence-corrected chi connectivity index (χ0v) is 11.6. The van der Waals surface area contributed by atoms with Crippen molar-refractivity contribution < 1.29 is 14.6 Å². The van der Waals surface area contributed by atoms with Crippen molar-refractivity contribution in [2.24, 2.45) is 5.41 Å². The number of ether oxygens (including phenoxy) is 1. The maximum Gasteiger partial charge on any atom is 0.319 e. The fraction of sp³-hybridized carbons (Fsp3) is 0.923. The van der Waals surface area contributed by atoms with Crippen molar-refractivity contribution >= 4 is 5.97 Å². The molecule has 0 spiro atoms. The fourth-order valence-electron chi connectivity index (χ4n) is 1.50. The van der Waals surface area contributed by atoms with Crippen LogP contribution >= 0.6 is 0 Å². The number of nitrogens with one attached hydrogen (secondary N) is 1. The summed E-state index contributed by atoms with van der Waals surface area (Å²) in [6.07, 6.45) is 2.22. The molecule has 4 nitrogen and oxygen atoms in total. The average Bonchev–Trinajstić information content (AvgIpc) is 2.15. The molecule has 0 rings (SSSR count).